The van der Waals surface area contributed by atoms with Gasteiger partial charge in [0, 0.05) is 6.42 Å². The molecule has 10 heteroatoms. The minimum absolute atomic E-state index is 0.0759. The number of aliphatic carboxylic acids is 2. The molecule has 2 amide bonds. The predicted octanol–water partition coefficient (Wildman–Crippen LogP) is -1.00. The molecule has 0 aromatic rings. The molecule has 0 fully saturated rings. The van der Waals surface area contributed by atoms with Gasteiger partial charge in [0.15, 0.2) is 12.4 Å². The molecular weight excluding hydrogens is 272 g/mol. The minimum atomic E-state index is -0.951. The van der Waals surface area contributed by atoms with Crippen molar-refractivity contribution in [3.63, 3.8) is 0 Å². The summed E-state index contributed by atoms with van der Waals surface area (Å²) < 4.78 is 0. The molecule has 0 bridgehead atoms. The lowest BCUT2D eigenvalue weighted by Crippen LogP contribution is -2.11. The second-order valence-electron chi connectivity index (χ2n) is 2.92. The molecule has 0 aliphatic carbocycles. The number of carboxylic acids is 2. The molecule has 4 N–H and O–H groups in total. The highest BCUT2D eigenvalue weighted by atomic mass is 16.4. The third kappa shape index (κ3) is 29.4. The number of hydrogen-bond acceptors (Lipinski definition) is 6. The summed E-state index contributed by atoms with van der Waals surface area (Å²) in [5.74, 6) is -2.45. The van der Waals surface area contributed by atoms with Gasteiger partial charge in [0.25, 0.3) is 0 Å². The fourth-order valence-corrected chi connectivity index (χ4v) is 0.516. The number of nitrogens with zero attached hydrogens (tertiary/aromatic N) is 2. The molecule has 110 valence electrons. The summed E-state index contributed by atoms with van der Waals surface area (Å²) in [5.41, 5.74) is 0. The van der Waals surface area contributed by atoms with E-state index in [-0.39, 0.29) is 12.8 Å². The SMILES string of the molecule is CC(CCC(=O)O)C(=O)O.N#CNC=O.N#CNC=O. The second kappa shape index (κ2) is 18.2. The fourth-order valence-electron chi connectivity index (χ4n) is 0.516. The summed E-state index contributed by atoms with van der Waals surface area (Å²) in [6, 6.07) is 0. The Kier molecular flexibility index (Phi) is 20.1. The quantitative estimate of drug-likeness (QED) is 0.272. The van der Waals surface area contributed by atoms with Crippen molar-refractivity contribution in [3.8, 4) is 12.4 Å². The average molecular weight is 286 g/mol. The van der Waals surface area contributed by atoms with E-state index in [2.05, 4.69) is 0 Å². The van der Waals surface area contributed by atoms with Gasteiger partial charge in [0.2, 0.25) is 12.8 Å². The van der Waals surface area contributed by atoms with E-state index in [1.54, 1.807) is 10.6 Å². The summed E-state index contributed by atoms with van der Waals surface area (Å²) in [6.07, 6.45) is 3.56. The number of rotatable bonds is 6. The van der Waals surface area contributed by atoms with Gasteiger partial charge in [-0.2, -0.15) is 10.5 Å². The van der Waals surface area contributed by atoms with Crippen LogP contribution in [0.2, 0.25) is 0 Å². The van der Waals surface area contributed by atoms with Crippen LogP contribution in [0, 0.1) is 28.8 Å². The van der Waals surface area contributed by atoms with Gasteiger partial charge in [0.05, 0.1) is 5.92 Å². The zero-order valence-electron chi connectivity index (χ0n) is 10.6. The minimum Gasteiger partial charge on any atom is -0.481 e. The van der Waals surface area contributed by atoms with Crippen molar-refractivity contribution in [1.29, 1.82) is 10.5 Å². The molecule has 0 aliphatic rings. The number of amides is 2. The Morgan fingerprint density at radius 1 is 1.15 bits per heavy atom. The molecule has 1 unspecified atom stereocenters. The normalized spacial score (nSPS) is 8.55. The predicted molar refractivity (Wildman–Crippen MR) is 63.3 cm³/mol. The summed E-state index contributed by atoms with van der Waals surface area (Å²) >= 11 is 0. The van der Waals surface area contributed by atoms with Gasteiger partial charge in [0.1, 0.15) is 0 Å². The van der Waals surface area contributed by atoms with Gasteiger partial charge in [-0.05, 0) is 6.42 Å². The van der Waals surface area contributed by atoms with Crippen LogP contribution >= 0.6 is 0 Å². The van der Waals surface area contributed by atoms with E-state index in [0.717, 1.165) is 0 Å². The van der Waals surface area contributed by atoms with Gasteiger partial charge in [-0.25, -0.2) is 0 Å². The van der Waals surface area contributed by atoms with Crippen LogP contribution in [0.1, 0.15) is 19.8 Å². The van der Waals surface area contributed by atoms with E-state index in [4.69, 9.17) is 30.3 Å². The third-order valence-corrected chi connectivity index (χ3v) is 1.46. The van der Waals surface area contributed by atoms with E-state index in [9.17, 15) is 9.59 Å². The first-order valence-corrected chi connectivity index (χ1v) is 4.98. The van der Waals surface area contributed by atoms with Crippen LogP contribution in [-0.2, 0) is 19.2 Å². The Hall–Kier alpha value is -3.14. The number of carbonyl (C=O) groups is 4. The van der Waals surface area contributed by atoms with E-state index >= 15 is 0 Å². The molecule has 0 radical (unpaired) electrons. The van der Waals surface area contributed by atoms with Crippen molar-refractivity contribution in [3.05, 3.63) is 0 Å². The van der Waals surface area contributed by atoms with Crippen LogP contribution in [0.3, 0.4) is 0 Å². The first kappa shape index (κ1) is 22.1. The lowest BCUT2D eigenvalue weighted by Gasteiger charge is -2.01. The van der Waals surface area contributed by atoms with Gasteiger partial charge in [-0.15, -0.1) is 0 Å². The molecule has 0 saturated carbocycles. The number of carboxylic acid groups (broad SMARTS) is 2. The number of nitriles is 2. The van der Waals surface area contributed by atoms with Crippen LogP contribution in [-0.4, -0.2) is 35.0 Å². The summed E-state index contributed by atoms with van der Waals surface area (Å²) in [4.78, 5) is 38.2. The van der Waals surface area contributed by atoms with Crippen molar-refractivity contribution in [2.75, 3.05) is 0 Å². The van der Waals surface area contributed by atoms with Crippen molar-refractivity contribution in [2.45, 2.75) is 19.8 Å². The molecule has 0 aliphatic heterocycles. The van der Waals surface area contributed by atoms with Crippen LogP contribution in [0.4, 0.5) is 0 Å². The average Bonchev–Trinajstić information content (AvgIpc) is 2.39. The largest absolute Gasteiger partial charge is 0.481 e. The Bertz CT molecular complexity index is 364. The molecule has 0 spiro atoms. The third-order valence-electron chi connectivity index (χ3n) is 1.46. The van der Waals surface area contributed by atoms with Gasteiger partial charge >= 0.3 is 11.9 Å². The summed E-state index contributed by atoms with van der Waals surface area (Å²) in [5, 5.41) is 34.9. The molecule has 1 atom stereocenters. The highest BCUT2D eigenvalue weighted by Crippen LogP contribution is 2.04. The van der Waals surface area contributed by atoms with Crippen molar-refractivity contribution in [1.82, 2.24) is 10.6 Å². The number of nitrogens with one attached hydrogen (secondary N) is 2. The van der Waals surface area contributed by atoms with E-state index < -0.39 is 17.9 Å². The first-order valence-electron chi connectivity index (χ1n) is 4.98. The Morgan fingerprint density at radius 3 is 1.70 bits per heavy atom. The van der Waals surface area contributed by atoms with Crippen molar-refractivity contribution < 1.29 is 29.4 Å². The van der Waals surface area contributed by atoms with Crippen molar-refractivity contribution in [2.24, 2.45) is 5.92 Å². The molecule has 0 rings (SSSR count). The standard InChI is InChI=1S/C6H10O4.2C2H2N2O/c1-4(6(9)10)2-3-5(7)8;2*3-1-4-2-5/h4H,2-3H2,1H3,(H,7,8)(H,9,10);2*2H,(H,4,5). The molecule has 0 heterocycles. The van der Waals surface area contributed by atoms with Gasteiger partial charge in [-0.1, -0.05) is 6.92 Å². The van der Waals surface area contributed by atoms with Crippen LogP contribution < -0.4 is 10.6 Å². The van der Waals surface area contributed by atoms with Gasteiger partial charge in [-0.3, -0.25) is 29.8 Å². The van der Waals surface area contributed by atoms with Crippen molar-refractivity contribution >= 4 is 24.8 Å². The highest BCUT2D eigenvalue weighted by Gasteiger charge is 2.11. The second-order valence-corrected chi connectivity index (χ2v) is 2.92. The first-order chi connectivity index (χ1) is 9.37. The topological polar surface area (TPSA) is 180 Å². The summed E-state index contributed by atoms with van der Waals surface area (Å²) in [7, 11) is 0. The monoisotopic (exact) mass is 286 g/mol. The van der Waals surface area contributed by atoms with Crippen LogP contribution in [0.15, 0.2) is 0 Å². The van der Waals surface area contributed by atoms with Crippen LogP contribution in [0.5, 0.6) is 0 Å². The molecule has 0 aromatic heterocycles. The number of hydrogen-bond donors (Lipinski definition) is 4. The van der Waals surface area contributed by atoms with Gasteiger partial charge < -0.3 is 10.2 Å². The maximum absolute atomic E-state index is 10.1. The zero-order chi connectivity index (χ0) is 16.4. The highest BCUT2D eigenvalue weighted by molar-refractivity contribution is 5.71. The lowest BCUT2D eigenvalue weighted by molar-refractivity contribution is -0.142. The maximum Gasteiger partial charge on any atom is 0.306 e. The number of carbonyl (C=O) groups excluding carboxylic acids is 2. The Balaban J connectivity index is -0.000000244. The maximum atomic E-state index is 10.1. The molecule has 10 nitrogen and oxygen atoms in total. The zero-order valence-corrected chi connectivity index (χ0v) is 10.6. The molecule has 0 saturated heterocycles. The smallest absolute Gasteiger partial charge is 0.306 e. The Labute approximate surface area is 114 Å². The van der Waals surface area contributed by atoms with E-state index in [0.29, 0.717) is 12.8 Å². The molecular formula is C10H14N4O6. The Morgan fingerprint density at radius 2 is 1.55 bits per heavy atom. The van der Waals surface area contributed by atoms with E-state index in [1.165, 1.54) is 19.3 Å². The molecule has 0 aromatic carbocycles. The fraction of sp³-hybridized carbons (Fsp3) is 0.400. The van der Waals surface area contributed by atoms with Crippen LogP contribution in [0.25, 0.3) is 0 Å². The molecule has 20 heavy (non-hydrogen) atoms. The van der Waals surface area contributed by atoms with E-state index in [1.807, 2.05) is 0 Å². The lowest BCUT2D eigenvalue weighted by atomic mass is 10.1. The summed E-state index contributed by atoms with van der Waals surface area (Å²) in [6.45, 7) is 1.49.